The number of nitrogens with zero attached hydrogens (tertiary/aromatic N) is 2. The van der Waals surface area contributed by atoms with Crippen LogP contribution in [0.4, 0.5) is 0 Å². The van der Waals surface area contributed by atoms with Crippen LogP contribution < -0.4 is 0 Å². The van der Waals surface area contributed by atoms with Crippen LogP contribution in [0.3, 0.4) is 0 Å². The molecule has 1 aromatic rings. The summed E-state index contributed by atoms with van der Waals surface area (Å²) in [4.78, 5) is 13.0. The first-order valence-corrected chi connectivity index (χ1v) is 4.53. The van der Waals surface area contributed by atoms with E-state index in [1.807, 2.05) is 17.7 Å². The summed E-state index contributed by atoms with van der Waals surface area (Å²) in [5.41, 5.74) is 3.42. The molecular formula is C10H14N2O. The number of hydrogen-bond acceptors (Lipinski definition) is 2. The quantitative estimate of drug-likeness (QED) is 0.595. The summed E-state index contributed by atoms with van der Waals surface area (Å²) in [7, 11) is 4.07. The normalized spacial score (nSPS) is 17.1. The molecule has 0 amide bonds. The van der Waals surface area contributed by atoms with Crippen LogP contribution in [-0.4, -0.2) is 29.3 Å². The lowest BCUT2D eigenvalue weighted by Gasteiger charge is -2.23. The van der Waals surface area contributed by atoms with Crippen molar-refractivity contribution in [2.75, 3.05) is 13.6 Å². The van der Waals surface area contributed by atoms with Gasteiger partial charge in [0.25, 0.3) is 0 Å². The average Bonchev–Trinajstić information content (AvgIpc) is 2.42. The summed E-state index contributed by atoms with van der Waals surface area (Å²) >= 11 is 0. The number of hydrogen-bond donors (Lipinski definition) is 0. The topological polar surface area (TPSA) is 25.2 Å². The van der Waals surface area contributed by atoms with E-state index in [2.05, 4.69) is 11.9 Å². The van der Waals surface area contributed by atoms with Crippen molar-refractivity contribution in [2.45, 2.75) is 13.0 Å². The first-order chi connectivity index (χ1) is 6.22. The van der Waals surface area contributed by atoms with Gasteiger partial charge in [-0.25, -0.2) is 0 Å². The van der Waals surface area contributed by atoms with Crippen LogP contribution in [0, 0.1) is 0 Å². The third kappa shape index (κ3) is 1.29. The summed E-state index contributed by atoms with van der Waals surface area (Å²) in [6, 6.07) is 2.00. The Balaban J connectivity index is 2.45. The van der Waals surface area contributed by atoms with Crippen molar-refractivity contribution in [3.8, 4) is 0 Å². The zero-order chi connectivity index (χ0) is 9.42. The molecule has 3 nitrogen and oxygen atoms in total. The van der Waals surface area contributed by atoms with E-state index in [-0.39, 0.29) is 0 Å². The van der Waals surface area contributed by atoms with Crippen LogP contribution in [0.15, 0.2) is 6.07 Å². The molecule has 1 aliphatic rings. The van der Waals surface area contributed by atoms with Gasteiger partial charge in [0.2, 0.25) is 0 Å². The van der Waals surface area contributed by atoms with Gasteiger partial charge in [-0.3, -0.25) is 4.79 Å². The number of carbonyl (C=O) groups is 1. The fourth-order valence-electron chi connectivity index (χ4n) is 1.97. The van der Waals surface area contributed by atoms with Crippen molar-refractivity contribution in [3.63, 3.8) is 0 Å². The second kappa shape index (κ2) is 3.00. The lowest BCUT2D eigenvalue weighted by molar-refractivity contribution is 0.111. The lowest BCUT2D eigenvalue weighted by Crippen LogP contribution is -2.26. The van der Waals surface area contributed by atoms with Crippen LogP contribution in [0.25, 0.3) is 0 Å². The molecule has 0 bridgehead atoms. The van der Waals surface area contributed by atoms with Gasteiger partial charge in [0.1, 0.15) is 0 Å². The number of carbonyl (C=O) groups excluding carboxylic acids is 1. The van der Waals surface area contributed by atoms with E-state index in [0.717, 1.165) is 31.5 Å². The molecule has 0 atom stereocenters. The first-order valence-electron chi connectivity index (χ1n) is 4.53. The summed E-state index contributed by atoms with van der Waals surface area (Å²) < 4.78 is 2.01. The summed E-state index contributed by atoms with van der Waals surface area (Å²) in [6.07, 6.45) is 1.98. The molecule has 0 saturated heterocycles. The van der Waals surface area contributed by atoms with Crippen LogP contribution in [-0.2, 0) is 20.0 Å². The fraction of sp³-hybridized carbons (Fsp3) is 0.500. The third-order valence-electron chi connectivity index (χ3n) is 2.78. The van der Waals surface area contributed by atoms with Crippen LogP contribution in [0.5, 0.6) is 0 Å². The van der Waals surface area contributed by atoms with E-state index in [1.165, 1.54) is 11.3 Å². The minimum absolute atomic E-state index is 0.792. The molecule has 0 spiro atoms. The predicted molar refractivity (Wildman–Crippen MR) is 50.8 cm³/mol. The highest BCUT2D eigenvalue weighted by Gasteiger charge is 2.18. The molecule has 0 N–H and O–H groups in total. The summed E-state index contributed by atoms with van der Waals surface area (Å²) in [5, 5.41) is 0. The molecule has 0 radical (unpaired) electrons. The smallest absolute Gasteiger partial charge is 0.166 e. The Kier molecular flexibility index (Phi) is 1.96. The molecule has 0 saturated carbocycles. The van der Waals surface area contributed by atoms with Gasteiger partial charge in [-0.15, -0.1) is 0 Å². The van der Waals surface area contributed by atoms with Gasteiger partial charge in [-0.05, 0) is 18.7 Å². The minimum Gasteiger partial charge on any atom is -0.345 e. The maximum Gasteiger partial charge on any atom is 0.166 e. The van der Waals surface area contributed by atoms with Gasteiger partial charge < -0.3 is 9.47 Å². The molecular weight excluding hydrogens is 164 g/mol. The van der Waals surface area contributed by atoms with Gasteiger partial charge in [-0.2, -0.15) is 0 Å². The van der Waals surface area contributed by atoms with E-state index in [0.29, 0.717) is 0 Å². The highest BCUT2D eigenvalue weighted by atomic mass is 16.1. The molecule has 13 heavy (non-hydrogen) atoms. The molecule has 1 aromatic heterocycles. The Bertz CT molecular complexity index is 341. The first kappa shape index (κ1) is 8.51. The SMILES string of the molecule is CN1CCc2c(cc(C=O)n2C)C1. The van der Waals surface area contributed by atoms with Gasteiger partial charge in [-0.1, -0.05) is 0 Å². The summed E-state index contributed by atoms with van der Waals surface area (Å²) in [6.45, 7) is 2.06. The Morgan fingerprint density at radius 1 is 1.46 bits per heavy atom. The van der Waals surface area contributed by atoms with Gasteiger partial charge in [0.05, 0.1) is 5.69 Å². The minimum atomic E-state index is 0.792. The molecule has 0 aliphatic carbocycles. The van der Waals surface area contributed by atoms with E-state index in [4.69, 9.17) is 0 Å². The lowest BCUT2D eigenvalue weighted by atomic mass is 10.1. The Labute approximate surface area is 78.0 Å². The van der Waals surface area contributed by atoms with E-state index >= 15 is 0 Å². The highest BCUT2D eigenvalue weighted by molar-refractivity contribution is 5.73. The standard InChI is InChI=1S/C10H14N2O/c1-11-4-3-10-8(6-11)5-9(7-13)12(10)2/h5,7H,3-4,6H2,1-2H3. The number of rotatable bonds is 1. The van der Waals surface area contributed by atoms with Crippen molar-refractivity contribution in [2.24, 2.45) is 7.05 Å². The van der Waals surface area contributed by atoms with Crippen LogP contribution >= 0.6 is 0 Å². The van der Waals surface area contributed by atoms with Crippen molar-refractivity contribution in [3.05, 3.63) is 23.0 Å². The zero-order valence-electron chi connectivity index (χ0n) is 8.08. The molecule has 0 fully saturated rings. The number of aldehydes is 1. The Morgan fingerprint density at radius 2 is 2.23 bits per heavy atom. The molecule has 2 rings (SSSR count). The van der Waals surface area contributed by atoms with Crippen molar-refractivity contribution in [1.82, 2.24) is 9.47 Å². The maximum atomic E-state index is 10.7. The van der Waals surface area contributed by atoms with Crippen molar-refractivity contribution >= 4 is 6.29 Å². The molecule has 3 heteroatoms. The predicted octanol–water partition coefficient (Wildman–Crippen LogP) is 0.826. The van der Waals surface area contributed by atoms with Gasteiger partial charge >= 0.3 is 0 Å². The summed E-state index contributed by atoms with van der Waals surface area (Å²) in [5.74, 6) is 0. The Hall–Kier alpha value is -1.09. The molecule has 0 unspecified atom stereocenters. The highest BCUT2D eigenvalue weighted by Crippen LogP contribution is 2.20. The monoisotopic (exact) mass is 178 g/mol. The van der Waals surface area contributed by atoms with Crippen LogP contribution in [0.1, 0.15) is 21.7 Å². The number of likely N-dealkylation sites (N-methyl/N-ethyl adjacent to an activating group) is 1. The zero-order valence-corrected chi connectivity index (χ0v) is 8.08. The molecule has 70 valence electrons. The van der Waals surface area contributed by atoms with Crippen LogP contribution in [0.2, 0.25) is 0 Å². The molecule has 0 aromatic carbocycles. The van der Waals surface area contributed by atoms with Gasteiger partial charge in [0, 0.05) is 32.3 Å². The van der Waals surface area contributed by atoms with E-state index < -0.39 is 0 Å². The number of fused-ring (bicyclic) bond motifs is 1. The maximum absolute atomic E-state index is 10.7. The van der Waals surface area contributed by atoms with Gasteiger partial charge in [0.15, 0.2) is 6.29 Å². The Morgan fingerprint density at radius 3 is 2.92 bits per heavy atom. The molecule has 2 heterocycles. The van der Waals surface area contributed by atoms with E-state index in [1.54, 1.807) is 0 Å². The second-order valence-corrected chi connectivity index (χ2v) is 3.71. The van der Waals surface area contributed by atoms with E-state index in [9.17, 15) is 4.79 Å². The van der Waals surface area contributed by atoms with Crippen molar-refractivity contribution in [1.29, 1.82) is 0 Å². The average molecular weight is 178 g/mol. The molecule has 1 aliphatic heterocycles. The number of aromatic nitrogens is 1. The third-order valence-corrected chi connectivity index (χ3v) is 2.78. The largest absolute Gasteiger partial charge is 0.345 e. The van der Waals surface area contributed by atoms with Crippen molar-refractivity contribution < 1.29 is 4.79 Å². The second-order valence-electron chi connectivity index (χ2n) is 3.71. The fourth-order valence-corrected chi connectivity index (χ4v) is 1.97.